The summed E-state index contributed by atoms with van der Waals surface area (Å²) in [7, 11) is 1.65. The predicted molar refractivity (Wildman–Crippen MR) is 77.3 cm³/mol. The van der Waals surface area contributed by atoms with Crippen LogP contribution in [-0.4, -0.2) is 14.5 Å². The molecule has 2 rings (SSSR count). The molecule has 0 saturated heterocycles. The normalized spacial score (nSPS) is 13.2. The molecule has 1 atom stereocenters. The highest BCUT2D eigenvalue weighted by molar-refractivity contribution is 8.14. The Morgan fingerprint density at radius 3 is 2.42 bits per heavy atom. The third kappa shape index (κ3) is 2.91. The molecule has 0 amide bonds. The molecule has 3 nitrogen and oxygen atoms in total. The second-order valence-corrected chi connectivity index (χ2v) is 6.64. The van der Waals surface area contributed by atoms with Gasteiger partial charge in [0.25, 0.3) is 9.05 Å². The molecule has 19 heavy (non-hydrogen) atoms. The number of rotatable bonds is 4. The third-order valence-electron chi connectivity index (χ3n) is 2.75. The minimum Gasteiger partial charge on any atom is -0.486 e. The SMILES string of the molecule is C=CC(C)Oc1ccc(S(=O)(=O)Cl)c2ccccc12. The molecule has 0 spiro atoms. The number of fused-ring (bicyclic) bond motifs is 1. The first-order valence-electron chi connectivity index (χ1n) is 5.69. The largest absolute Gasteiger partial charge is 0.486 e. The fourth-order valence-corrected chi connectivity index (χ4v) is 2.88. The molecule has 1 unspecified atom stereocenters. The van der Waals surface area contributed by atoms with Crippen molar-refractivity contribution in [2.45, 2.75) is 17.9 Å². The van der Waals surface area contributed by atoms with Crippen LogP contribution in [-0.2, 0) is 9.05 Å². The molecule has 0 aliphatic heterocycles. The highest BCUT2D eigenvalue weighted by atomic mass is 35.7. The minimum absolute atomic E-state index is 0.0865. The fourth-order valence-electron chi connectivity index (χ4n) is 1.81. The van der Waals surface area contributed by atoms with E-state index < -0.39 is 9.05 Å². The van der Waals surface area contributed by atoms with E-state index in [2.05, 4.69) is 6.58 Å². The highest BCUT2D eigenvalue weighted by Crippen LogP contribution is 2.33. The number of halogens is 1. The molecule has 0 saturated carbocycles. The first-order valence-corrected chi connectivity index (χ1v) is 8.00. The molecule has 100 valence electrons. The number of ether oxygens (including phenoxy) is 1. The average molecular weight is 297 g/mol. The third-order valence-corrected chi connectivity index (χ3v) is 4.13. The van der Waals surface area contributed by atoms with Gasteiger partial charge in [-0.15, -0.1) is 0 Å². The summed E-state index contributed by atoms with van der Waals surface area (Å²) in [6.45, 7) is 5.51. The standard InChI is InChI=1S/C14H13ClO3S/c1-3-10(2)18-13-8-9-14(19(15,16)17)12-7-5-4-6-11(12)13/h3-10H,1H2,2H3. The predicted octanol–water partition coefficient (Wildman–Crippen LogP) is 3.72. The Balaban J connectivity index is 2.68. The molecule has 0 aliphatic rings. The van der Waals surface area contributed by atoms with Crippen LogP contribution in [0.1, 0.15) is 6.92 Å². The van der Waals surface area contributed by atoms with Crippen molar-refractivity contribution in [2.24, 2.45) is 0 Å². The monoisotopic (exact) mass is 296 g/mol. The Bertz CT molecular complexity index is 723. The zero-order valence-corrected chi connectivity index (χ0v) is 11.9. The van der Waals surface area contributed by atoms with E-state index in [1.807, 2.05) is 13.0 Å². The Labute approximate surface area is 116 Å². The van der Waals surface area contributed by atoms with E-state index >= 15 is 0 Å². The first-order chi connectivity index (χ1) is 8.93. The van der Waals surface area contributed by atoms with Crippen molar-refractivity contribution in [2.75, 3.05) is 0 Å². The van der Waals surface area contributed by atoms with Crippen LogP contribution in [0.3, 0.4) is 0 Å². The van der Waals surface area contributed by atoms with Crippen LogP contribution in [0.2, 0.25) is 0 Å². The van der Waals surface area contributed by atoms with E-state index in [1.165, 1.54) is 6.07 Å². The zero-order chi connectivity index (χ0) is 14.0. The topological polar surface area (TPSA) is 43.4 Å². The van der Waals surface area contributed by atoms with Gasteiger partial charge in [-0.1, -0.05) is 36.9 Å². The van der Waals surface area contributed by atoms with Crippen molar-refractivity contribution in [1.82, 2.24) is 0 Å². The van der Waals surface area contributed by atoms with Gasteiger partial charge in [-0.05, 0) is 19.1 Å². The molecule has 0 aliphatic carbocycles. The lowest BCUT2D eigenvalue weighted by atomic mass is 10.1. The minimum atomic E-state index is -3.78. The van der Waals surface area contributed by atoms with Gasteiger partial charge in [0.15, 0.2) is 0 Å². The van der Waals surface area contributed by atoms with Gasteiger partial charge in [-0.25, -0.2) is 8.42 Å². The van der Waals surface area contributed by atoms with Crippen LogP contribution in [0.4, 0.5) is 0 Å². The lowest BCUT2D eigenvalue weighted by molar-refractivity contribution is 0.273. The van der Waals surface area contributed by atoms with Gasteiger partial charge in [-0.2, -0.15) is 0 Å². The lowest BCUT2D eigenvalue weighted by Crippen LogP contribution is -2.08. The highest BCUT2D eigenvalue weighted by Gasteiger charge is 2.16. The molecule has 2 aromatic rings. The van der Waals surface area contributed by atoms with Crippen LogP contribution < -0.4 is 4.74 Å². The van der Waals surface area contributed by atoms with E-state index in [9.17, 15) is 8.42 Å². The first kappa shape index (κ1) is 13.9. The van der Waals surface area contributed by atoms with Gasteiger partial charge in [0.05, 0.1) is 4.90 Å². The second kappa shape index (κ2) is 5.23. The molecule has 0 aromatic heterocycles. The second-order valence-electron chi connectivity index (χ2n) is 4.10. The summed E-state index contributed by atoms with van der Waals surface area (Å²) in [5.41, 5.74) is 0. The maximum Gasteiger partial charge on any atom is 0.261 e. The van der Waals surface area contributed by atoms with Crippen LogP contribution in [0.15, 0.2) is 53.9 Å². The molecular weight excluding hydrogens is 284 g/mol. The number of hydrogen-bond donors (Lipinski definition) is 0. The lowest BCUT2D eigenvalue weighted by Gasteiger charge is -2.14. The molecule has 5 heteroatoms. The van der Waals surface area contributed by atoms with Gasteiger partial charge in [-0.3, -0.25) is 0 Å². The quantitative estimate of drug-likeness (QED) is 0.638. The summed E-state index contributed by atoms with van der Waals surface area (Å²) in [5.74, 6) is 0.604. The molecule has 0 heterocycles. The van der Waals surface area contributed by atoms with E-state index in [-0.39, 0.29) is 11.0 Å². The van der Waals surface area contributed by atoms with E-state index in [0.29, 0.717) is 16.5 Å². The molecule has 0 N–H and O–H groups in total. The van der Waals surface area contributed by atoms with Crippen LogP contribution in [0.25, 0.3) is 10.8 Å². The molecule has 2 aromatic carbocycles. The van der Waals surface area contributed by atoms with Crippen LogP contribution in [0, 0.1) is 0 Å². The average Bonchev–Trinajstić information content (AvgIpc) is 2.37. The molecule has 0 radical (unpaired) electrons. The van der Waals surface area contributed by atoms with Gasteiger partial charge in [0.1, 0.15) is 11.9 Å². The van der Waals surface area contributed by atoms with Crippen molar-refractivity contribution < 1.29 is 13.2 Å². The van der Waals surface area contributed by atoms with Crippen LogP contribution >= 0.6 is 10.7 Å². The van der Waals surface area contributed by atoms with Crippen LogP contribution in [0.5, 0.6) is 5.75 Å². The number of hydrogen-bond acceptors (Lipinski definition) is 3. The maximum atomic E-state index is 11.5. The van der Waals surface area contributed by atoms with Gasteiger partial charge >= 0.3 is 0 Å². The Kier molecular flexibility index (Phi) is 3.83. The number of benzene rings is 2. The van der Waals surface area contributed by atoms with E-state index in [4.69, 9.17) is 15.4 Å². The Morgan fingerprint density at radius 2 is 1.84 bits per heavy atom. The molecule has 0 fully saturated rings. The summed E-state index contributed by atoms with van der Waals surface area (Å²) in [5, 5.41) is 1.25. The van der Waals surface area contributed by atoms with Gasteiger partial charge in [0, 0.05) is 21.5 Å². The smallest absolute Gasteiger partial charge is 0.261 e. The molecule has 0 bridgehead atoms. The summed E-state index contributed by atoms with van der Waals surface area (Å²) >= 11 is 0. The van der Waals surface area contributed by atoms with Gasteiger partial charge in [0.2, 0.25) is 0 Å². The summed E-state index contributed by atoms with van der Waals surface area (Å²) in [4.78, 5) is 0.0865. The van der Waals surface area contributed by atoms with Crippen molar-refractivity contribution in [1.29, 1.82) is 0 Å². The van der Waals surface area contributed by atoms with Gasteiger partial charge < -0.3 is 4.74 Å². The van der Waals surface area contributed by atoms with E-state index in [0.717, 1.165) is 0 Å². The summed E-state index contributed by atoms with van der Waals surface area (Å²) < 4.78 is 28.8. The van der Waals surface area contributed by atoms with Crippen molar-refractivity contribution in [3.63, 3.8) is 0 Å². The Hall–Kier alpha value is -1.52. The summed E-state index contributed by atoms with van der Waals surface area (Å²) in [6, 6.07) is 10.1. The molecular formula is C14H13ClO3S. The van der Waals surface area contributed by atoms with Crippen molar-refractivity contribution in [3.8, 4) is 5.75 Å². The summed E-state index contributed by atoms with van der Waals surface area (Å²) in [6.07, 6.45) is 1.50. The zero-order valence-electron chi connectivity index (χ0n) is 10.3. The van der Waals surface area contributed by atoms with Crippen molar-refractivity contribution >= 4 is 30.5 Å². The maximum absolute atomic E-state index is 11.5. The Morgan fingerprint density at radius 1 is 1.21 bits per heavy atom. The fraction of sp³-hybridized carbons (Fsp3) is 0.143. The van der Waals surface area contributed by atoms with E-state index in [1.54, 1.807) is 30.3 Å². The van der Waals surface area contributed by atoms with Crippen molar-refractivity contribution in [3.05, 3.63) is 49.1 Å².